The molecule has 4 rings (SSSR count). The van der Waals surface area contributed by atoms with Crippen LogP contribution in [0, 0.1) is 19.7 Å². The molecule has 0 aliphatic rings. The average molecular weight is 394 g/mol. The highest BCUT2D eigenvalue weighted by Gasteiger charge is 2.16. The molecule has 1 N–H and O–H groups in total. The fourth-order valence-electron chi connectivity index (χ4n) is 2.83. The summed E-state index contributed by atoms with van der Waals surface area (Å²) in [7, 11) is 0. The maximum Gasteiger partial charge on any atom is 0.260 e. The van der Waals surface area contributed by atoms with E-state index in [0.717, 1.165) is 27.1 Å². The molecule has 0 atom stereocenters. The number of nitrogens with one attached hydrogen (secondary N) is 1. The summed E-state index contributed by atoms with van der Waals surface area (Å²) in [5, 5.41) is 6.36. The number of rotatable bonds is 4. The molecule has 4 aromatic heterocycles. The number of amides is 1. The van der Waals surface area contributed by atoms with E-state index < -0.39 is 11.7 Å². The summed E-state index contributed by atoms with van der Waals surface area (Å²) in [4.78, 5) is 22.4. The van der Waals surface area contributed by atoms with Crippen LogP contribution >= 0.6 is 11.3 Å². The summed E-state index contributed by atoms with van der Waals surface area (Å²) in [6.45, 7) is 3.64. The van der Waals surface area contributed by atoms with Gasteiger partial charge in [-0.1, -0.05) is 5.16 Å². The van der Waals surface area contributed by atoms with Gasteiger partial charge in [0, 0.05) is 28.9 Å². The fourth-order valence-corrected chi connectivity index (χ4v) is 3.95. The Morgan fingerprint density at radius 2 is 2.00 bits per heavy atom. The van der Waals surface area contributed by atoms with Gasteiger partial charge in [0.2, 0.25) is 0 Å². The van der Waals surface area contributed by atoms with Crippen molar-refractivity contribution < 1.29 is 13.7 Å². The zero-order valence-electron chi connectivity index (χ0n) is 15.1. The molecule has 0 saturated heterocycles. The van der Waals surface area contributed by atoms with Gasteiger partial charge in [0.25, 0.3) is 5.91 Å². The minimum atomic E-state index is -0.664. The van der Waals surface area contributed by atoms with E-state index in [2.05, 4.69) is 20.4 Å². The first kappa shape index (κ1) is 18.0. The summed E-state index contributed by atoms with van der Waals surface area (Å²) in [6, 6.07) is 7.40. The van der Waals surface area contributed by atoms with Gasteiger partial charge in [-0.2, -0.15) is 0 Å². The molecule has 8 heteroatoms. The number of pyridine rings is 2. The maximum atomic E-state index is 13.9. The van der Waals surface area contributed by atoms with Crippen molar-refractivity contribution >= 4 is 23.1 Å². The van der Waals surface area contributed by atoms with Crippen LogP contribution in [0.4, 0.5) is 10.2 Å². The Morgan fingerprint density at radius 1 is 1.14 bits per heavy atom. The molecule has 0 saturated carbocycles. The van der Waals surface area contributed by atoms with Crippen molar-refractivity contribution in [3.63, 3.8) is 0 Å². The van der Waals surface area contributed by atoms with Gasteiger partial charge < -0.3 is 9.84 Å². The van der Waals surface area contributed by atoms with Crippen LogP contribution in [0.15, 0.2) is 53.6 Å². The molecular weight excluding hydrogens is 379 g/mol. The normalized spacial score (nSPS) is 10.8. The second-order valence-electron chi connectivity index (χ2n) is 6.20. The number of nitrogens with zero attached hydrogens (tertiary/aromatic N) is 3. The molecule has 4 heterocycles. The van der Waals surface area contributed by atoms with E-state index in [-0.39, 0.29) is 5.56 Å². The number of anilines is 1. The van der Waals surface area contributed by atoms with Crippen molar-refractivity contribution in [1.29, 1.82) is 0 Å². The van der Waals surface area contributed by atoms with Crippen LogP contribution in [0.2, 0.25) is 0 Å². The quantitative estimate of drug-likeness (QED) is 0.534. The molecule has 4 aromatic rings. The van der Waals surface area contributed by atoms with Crippen LogP contribution in [0.25, 0.3) is 21.1 Å². The largest absolute Gasteiger partial charge is 0.355 e. The minimum absolute atomic E-state index is 0.0355. The highest BCUT2D eigenvalue weighted by molar-refractivity contribution is 7.19. The van der Waals surface area contributed by atoms with E-state index in [9.17, 15) is 9.18 Å². The van der Waals surface area contributed by atoms with Crippen molar-refractivity contribution in [2.24, 2.45) is 0 Å². The zero-order chi connectivity index (χ0) is 19.7. The molecule has 0 aliphatic carbocycles. The van der Waals surface area contributed by atoms with Gasteiger partial charge in [0.15, 0.2) is 11.6 Å². The van der Waals surface area contributed by atoms with Crippen LogP contribution in [0.3, 0.4) is 0 Å². The first-order chi connectivity index (χ1) is 13.5. The second kappa shape index (κ2) is 7.32. The average Bonchev–Trinajstić information content (AvgIpc) is 3.32. The molecular formula is C20H15FN4O2S. The highest BCUT2D eigenvalue weighted by Crippen LogP contribution is 2.37. The van der Waals surface area contributed by atoms with Crippen molar-refractivity contribution in [1.82, 2.24) is 15.1 Å². The lowest BCUT2D eigenvalue weighted by atomic mass is 10.1. The third kappa shape index (κ3) is 3.41. The molecule has 0 unspecified atom stereocenters. The molecule has 28 heavy (non-hydrogen) atoms. The summed E-state index contributed by atoms with van der Waals surface area (Å²) in [5.41, 5.74) is 2.43. The lowest BCUT2D eigenvalue weighted by molar-refractivity contribution is 0.102. The molecule has 0 bridgehead atoms. The summed E-state index contributed by atoms with van der Waals surface area (Å²) < 4.78 is 19.1. The Bertz CT molecular complexity index is 1120. The van der Waals surface area contributed by atoms with Gasteiger partial charge in [-0.15, -0.1) is 11.3 Å². The molecule has 0 fully saturated rings. The van der Waals surface area contributed by atoms with Crippen molar-refractivity contribution in [2.75, 3.05) is 5.32 Å². The van der Waals surface area contributed by atoms with Crippen LogP contribution in [-0.2, 0) is 0 Å². The zero-order valence-corrected chi connectivity index (χ0v) is 15.9. The molecule has 1 amide bonds. The number of aryl methyl sites for hydroxylation is 2. The maximum absolute atomic E-state index is 13.9. The van der Waals surface area contributed by atoms with Gasteiger partial charge in [-0.25, -0.2) is 9.37 Å². The number of halogens is 1. The summed E-state index contributed by atoms with van der Waals surface area (Å²) >= 11 is 1.57. The van der Waals surface area contributed by atoms with Crippen molar-refractivity contribution in [3.8, 4) is 21.1 Å². The summed E-state index contributed by atoms with van der Waals surface area (Å²) in [6.07, 6.45) is 5.75. The lowest BCUT2D eigenvalue weighted by Gasteiger charge is -2.08. The topological polar surface area (TPSA) is 80.9 Å². The van der Waals surface area contributed by atoms with Gasteiger partial charge in [0.05, 0.1) is 22.8 Å². The van der Waals surface area contributed by atoms with E-state index >= 15 is 0 Å². The highest BCUT2D eigenvalue weighted by atomic mass is 32.1. The minimum Gasteiger partial charge on any atom is -0.355 e. The van der Waals surface area contributed by atoms with Gasteiger partial charge in [-0.05, 0) is 43.2 Å². The fraction of sp³-hybridized carbons (Fsp3) is 0.100. The smallest absolute Gasteiger partial charge is 0.260 e. The van der Waals surface area contributed by atoms with Crippen LogP contribution in [-0.4, -0.2) is 21.0 Å². The SMILES string of the molecule is Cc1cc(-c2ccno2)sc1-c1ccc(NC(=O)c2c(C)cncc2F)nc1. The Morgan fingerprint density at radius 3 is 2.68 bits per heavy atom. The van der Waals surface area contributed by atoms with Gasteiger partial charge in [-0.3, -0.25) is 9.78 Å². The summed E-state index contributed by atoms with van der Waals surface area (Å²) in [5.74, 6) is -0.166. The van der Waals surface area contributed by atoms with E-state index in [0.29, 0.717) is 17.1 Å². The molecule has 0 spiro atoms. The molecule has 0 aromatic carbocycles. The van der Waals surface area contributed by atoms with Crippen LogP contribution in [0.5, 0.6) is 0 Å². The van der Waals surface area contributed by atoms with E-state index in [4.69, 9.17) is 4.52 Å². The third-order valence-corrected chi connectivity index (χ3v) is 5.48. The molecule has 140 valence electrons. The number of carbonyl (C=O) groups is 1. The Kier molecular flexibility index (Phi) is 4.70. The Hall–Kier alpha value is -3.39. The number of hydrogen-bond acceptors (Lipinski definition) is 6. The second-order valence-corrected chi connectivity index (χ2v) is 7.25. The predicted molar refractivity (Wildman–Crippen MR) is 105 cm³/mol. The Balaban J connectivity index is 1.56. The molecule has 6 nitrogen and oxygen atoms in total. The third-order valence-electron chi connectivity index (χ3n) is 4.18. The lowest BCUT2D eigenvalue weighted by Crippen LogP contribution is -2.16. The molecule has 0 aliphatic heterocycles. The monoisotopic (exact) mass is 394 g/mol. The van der Waals surface area contributed by atoms with Crippen LogP contribution < -0.4 is 5.32 Å². The molecule has 0 radical (unpaired) electrons. The van der Waals surface area contributed by atoms with Crippen molar-refractivity contribution in [2.45, 2.75) is 13.8 Å². The van der Waals surface area contributed by atoms with E-state index in [1.165, 1.54) is 6.20 Å². The Labute approximate surface area is 164 Å². The number of aromatic nitrogens is 3. The van der Waals surface area contributed by atoms with Crippen molar-refractivity contribution in [3.05, 3.63) is 71.6 Å². The van der Waals surface area contributed by atoms with Crippen LogP contribution in [0.1, 0.15) is 21.5 Å². The van der Waals surface area contributed by atoms with Gasteiger partial charge in [0.1, 0.15) is 5.82 Å². The van der Waals surface area contributed by atoms with E-state index in [1.807, 2.05) is 25.1 Å². The first-order valence-electron chi connectivity index (χ1n) is 8.42. The van der Waals surface area contributed by atoms with Gasteiger partial charge >= 0.3 is 0 Å². The number of carbonyl (C=O) groups excluding carboxylic acids is 1. The predicted octanol–water partition coefficient (Wildman–Crippen LogP) is 4.87. The number of thiophene rings is 1. The van der Waals surface area contributed by atoms with E-state index in [1.54, 1.807) is 36.7 Å². The first-order valence-corrected chi connectivity index (χ1v) is 9.24. The standard InChI is InChI=1S/C20H15FN4O2S/c1-11-7-16(15-5-6-24-27-15)28-19(11)13-3-4-17(23-9-13)25-20(26)18-12(2)8-22-10-14(18)21/h3-10H,1-2H3,(H,23,25,26). The number of hydrogen-bond donors (Lipinski definition) is 1.